The van der Waals surface area contributed by atoms with Gasteiger partial charge < -0.3 is 14.3 Å². The first kappa shape index (κ1) is 20.3. The predicted octanol–water partition coefficient (Wildman–Crippen LogP) is 3.50. The molecule has 2 amide bonds. The molecule has 8 nitrogen and oxygen atoms in total. The topological polar surface area (TPSA) is 106 Å². The van der Waals surface area contributed by atoms with Crippen LogP contribution in [0.1, 0.15) is 54.8 Å². The lowest BCUT2D eigenvalue weighted by atomic mass is 10.1. The minimum atomic E-state index is -3.86. The van der Waals surface area contributed by atoms with Crippen molar-refractivity contribution >= 4 is 24.9 Å². The maximum Gasteiger partial charge on any atom is 0.379 e. The maximum atomic E-state index is 13.0. The molecule has 1 aliphatic rings. The number of nitrogens with zero attached hydrogens (tertiary/aromatic N) is 2. The molecule has 26 heavy (non-hydrogen) atoms. The highest BCUT2D eigenvalue weighted by atomic mass is 31.2. The summed E-state index contributed by atoms with van der Waals surface area (Å²) in [6, 6.07) is 6.50. The van der Waals surface area contributed by atoms with Crippen LogP contribution in [0.15, 0.2) is 29.4 Å². The Morgan fingerprint density at radius 1 is 1.08 bits per heavy atom. The molecule has 1 N–H and O–H groups in total. The molecule has 2 rings (SSSR count). The van der Waals surface area contributed by atoms with Crippen LogP contribution in [0.5, 0.6) is 0 Å². The molecule has 0 aromatic heterocycles. The van der Waals surface area contributed by atoms with Gasteiger partial charge in [-0.05, 0) is 39.8 Å². The van der Waals surface area contributed by atoms with Crippen molar-refractivity contribution in [2.75, 3.05) is 6.54 Å². The summed E-state index contributed by atoms with van der Waals surface area (Å²) >= 11 is 0. The van der Waals surface area contributed by atoms with E-state index in [0.29, 0.717) is 11.1 Å². The van der Waals surface area contributed by atoms with E-state index in [4.69, 9.17) is 9.05 Å². The van der Waals surface area contributed by atoms with E-state index in [9.17, 15) is 19.4 Å². The zero-order chi connectivity index (χ0) is 19.5. The molecule has 1 aromatic rings. The molecule has 1 heterocycles. The summed E-state index contributed by atoms with van der Waals surface area (Å²) in [6.07, 6.45) is -0.995. The summed E-state index contributed by atoms with van der Waals surface area (Å²) in [6.45, 7) is 6.61. The van der Waals surface area contributed by atoms with Gasteiger partial charge in [0.05, 0.1) is 23.3 Å². The molecular weight excluding hydrogens is 359 g/mol. The van der Waals surface area contributed by atoms with Crippen LogP contribution >= 0.6 is 7.60 Å². The molecule has 1 aromatic carbocycles. The van der Waals surface area contributed by atoms with Gasteiger partial charge in [-0.2, -0.15) is 0 Å². The van der Waals surface area contributed by atoms with E-state index >= 15 is 0 Å². The van der Waals surface area contributed by atoms with Crippen molar-refractivity contribution in [1.29, 1.82) is 0 Å². The predicted molar refractivity (Wildman–Crippen MR) is 95.7 cm³/mol. The van der Waals surface area contributed by atoms with Crippen LogP contribution in [0.2, 0.25) is 0 Å². The molecular formula is C17H23N2O6P. The molecule has 0 unspecified atom stereocenters. The third kappa shape index (κ3) is 4.20. The van der Waals surface area contributed by atoms with E-state index < -0.39 is 31.6 Å². The summed E-state index contributed by atoms with van der Waals surface area (Å²) in [4.78, 5) is 25.8. The van der Waals surface area contributed by atoms with E-state index in [1.807, 2.05) is 0 Å². The molecule has 142 valence electrons. The van der Waals surface area contributed by atoms with Crippen LogP contribution < -0.4 is 0 Å². The normalized spacial score (nSPS) is 15.3. The van der Waals surface area contributed by atoms with Crippen LogP contribution in [0, 0.1) is 0 Å². The highest BCUT2D eigenvalue weighted by Gasteiger charge is 2.39. The van der Waals surface area contributed by atoms with Crippen molar-refractivity contribution in [1.82, 2.24) is 4.90 Å². The first-order chi connectivity index (χ1) is 12.2. The first-order valence-electron chi connectivity index (χ1n) is 8.33. The smallest absolute Gasteiger partial charge is 0.379 e. The Labute approximate surface area is 152 Å². The van der Waals surface area contributed by atoms with Gasteiger partial charge in [0.15, 0.2) is 5.45 Å². The average Bonchev–Trinajstić information content (AvgIpc) is 2.79. The van der Waals surface area contributed by atoms with Gasteiger partial charge in [0.2, 0.25) is 0 Å². The molecule has 0 saturated carbocycles. The monoisotopic (exact) mass is 382 g/mol. The number of hydrogen-bond donors (Lipinski definition) is 1. The Morgan fingerprint density at radius 2 is 1.54 bits per heavy atom. The first-order valence-corrected chi connectivity index (χ1v) is 9.87. The van der Waals surface area contributed by atoms with Gasteiger partial charge in [-0.15, -0.1) is 0 Å². The summed E-state index contributed by atoms with van der Waals surface area (Å²) in [5.41, 5.74) is 0.413. The molecule has 0 saturated heterocycles. The van der Waals surface area contributed by atoms with Crippen molar-refractivity contribution in [3.05, 3.63) is 35.4 Å². The maximum absolute atomic E-state index is 13.0. The second-order valence-corrected chi connectivity index (χ2v) is 8.31. The quantitative estimate of drug-likeness (QED) is 0.242. The number of amides is 2. The van der Waals surface area contributed by atoms with Crippen LogP contribution in [0.3, 0.4) is 0 Å². The fraction of sp³-hybridized carbons (Fsp3) is 0.471. The van der Waals surface area contributed by atoms with Crippen molar-refractivity contribution in [2.24, 2.45) is 5.16 Å². The SMILES string of the molecule is CC(C)OP(=O)(OC(C)C)/C(CCN1C(=O)c2ccccc2C1=O)=N/O. The Balaban J connectivity index is 2.17. The second kappa shape index (κ2) is 8.12. The highest BCUT2D eigenvalue weighted by molar-refractivity contribution is 7.72. The molecule has 0 atom stereocenters. The van der Waals surface area contributed by atoms with Crippen molar-refractivity contribution in [2.45, 2.75) is 46.3 Å². The lowest BCUT2D eigenvalue weighted by Gasteiger charge is -2.24. The summed E-state index contributed by atoms with van der Waals surface area (Å²) in [7, 11) is -3.86. The third-order valence-corrected chi connectivity index (χ3v) is 5.91. The van der Waals surface area contributed by atoms with E-state index in [1.165, 1.54) is 0 Å². The standard InChI is InChI=1S/C17H23N2O6P/c1-11(2)24-26(23,25-12(3)4)15(18-22)9-10-19-16(20)13-7-5-6-8-14(13)17(19)21/h5-8,11-12,22H,9-10H2,1-4H3/b18-15+. The van der Waals surface area contributed by atoms with Gasteiger partial charge in [0, 0.05) is 13.0 Å². The molecule has 0 fully saturated rings. The third-order valence-electron chi connectivity index (χ3n) is 3.57. The minimum Gasteiger partial charge on any atom is -0.410 e. The molecule has 1 aliphatic heterocycles. The molecule has 0 aliphatic carbocycles. The van der Waals surface area contributed by atoms with Gasteiger partial charge in [0.1, 0.15) is 0 Å². The fourth-order valence-corrected chi connectivity index (χ4v) is 4.48. The van der Waals surface area contributed by atoms with E-state index in [1.54, 1.807) is 52.0 Å². The molecule has 9 heteroatoms. The van der Waals surface area contributed by atoms with Gasteiger partial charge in [0.25, 0.3) is 11.8 Å². The summed E-state index contributed by atoms with van der Waals surface area (Å²) < 4.78 is 23.8. The average molecular weight is 382 g/mol. The zero-order valence-corrected chi connectivity index (χ0v) is 16.1. The van der Waals surface area contributed by atoms with Gasteiger partial charge in [-0.3, -0.25) is 19.1 Å². The van der Waals surface area contributed by atoms with Crippen LogP contribution in [0.25, 0.3) is 0 Å². The number of rotatable bonds is 8. The number of hydrogen-bond acceptors (Lipinski definition) is 7. The van der Waals surface area contributed by atoms with Crippen molar-refractivity contribution in [3.8, 4) is 0 Å². The number of carbonyl (C=O) groups excluding carboxylic acids is 2. The Morgan fingerprint density at radius 3 is 1.92 bits per heavy atom. The van der Waals surface area contributed by atoms with E-state index in [-0.39, 0.29) is 18.4 Å². The number of fused-ring (bicyclic) bond motifs is 1. The number of imide groups is 1. The molecule has 0 radical (unpaired) electrons. The highest BCUT2D eigenvalue weighted by Crippen LogP contribution is 2.53. The molecule has 0 spiro atoms. The number of oxime groups is 1. The van der Waals surface area contributed by atoms with Crippen LogP contribution in [0.4, 0.5) is 0 Å². The lowest BCUT2D eigenvalue weighted by molar-refractivity contribution is 0.0657. The zero-order valence-electron chi connectivity index (χ0n) is 15.2. The number of carbonyl (C=O) groups is 2. The van der Waals surface area contributed by atoms with Crippen LogP contribution in [-0.2, 0) is 13.6 Å². The Kier molecular flexibility index (Phi) is 6.34. The van der Waals surface area contributed by atoms with Crippen molar-refractivity contribution in [3.63, 3.8) is 0 Å². The van der Waals surface area contributed by atoms with Gasteiger partial charge in [-0.1, -0.05) is 17.3 Å². The molecule has 0 bridgehead atoms. The Hall–Kier alpha value is -2.02. The van der Waals surface area contributed by atoms with Gasteiger partial charge in [-0.25, -0.2) is 0 Å². The van der Waals surface area contributed by atoms with Crippen LogP contribution in [-0.4, -0.2) is 46.1 Å². The lowest BCUT2D eigenvalue weighted by Crippen LogP contribution is -2.32. The van der Waals surface area contributed by atoms with E-state index in [2.05, 4.69) is 5.16 Å². The fourth-order valence-electron chi connectivity index (χ4n) is 2.60. The summed E-state index contributed by atoms with van der Waals surface area (Å²) in [5.74, 6) is -0.875. The van der Waals surface area contributed by atoms with Crippen molar-refractivity contribution < 1.29 is 28.4 Å². The largest absolute Gasteiger partial charge is 0.410 e. The minimum absolute atomic E-state index is 0.0986. The summed E-state index contributed by atoms with van der Waals surface area (Å²) in [5, 5.41) is 12.4. The Bertz CT molecular complexity index is 725. The van der Waals surface area contributed by atoms with E-state index in [0.717, 1.165) is 4.90 Å². The van der Waals surface area contributed by atoms with Gasteiger partial charge >= 0.3 is 7.60 Å². The number of benzene rings is 1. The second-order valence-electron chi connectivity index (χ2n) is 6.38.